The number of fused-ring (bicyclic) bond motifs is 1. The zero-order valence-electron chi connectivity index (χ0n) is 9.24. The van der Waals surface area contributed by atoms with Crippen LogP contribution in [-0.4, -0.2) is 23.6 Å². The lowest BCUT2D eigenvalue weighted by molar-refractivity contribution is 0.244. The van der Waals surface area contributed by atoms with Crippen LogP contribution in [0.4, 0.5) is 0 Å². The second kappa shape index (κ2) is 3.99. The topological polar surface area (TPSA) is 8.17 Å². The van der Waals surface area contributed by atoms with Crippen molar-refractivity contribution in [2.75, 3.05) is 14.1 Å². The van der Waals surface area contributed by atoms with Gasteiger partial charge in [-0.15, -0.1) is 0 Å². The number of hydrogen-bond acceptors (Lipinski definition) is 1. The fourth-order valence-corrected chi connectivity index (χ4v) is 2.05. The predicted octanol–water partition coefficient (Wildman–Crippen LogP) is 3.48. The first-order chi connectivity index (χ1) is 7.09. The number of benzene rings is 1. The molecule has 1 heterocycles. The quantitative estimate of drug-likeness (QED) is 0.808. The van der Waals surface area contributed by atoms with Gasteiger partial charge in [-0.3, -0.25) is 4.90 Å². The molecule has 15 heavy (non-hydrogen) atoms. The number of nitrogens with zero attached hydrogens (tertiary/aromatic N) is 2. The van der Waals surface area contributed by atoms with E-state index in [2.05, 4.69) is 76.9 Å². The monoisotopic (exact) mass is 266 g/mol. The Morgan fingerprint density at radius 2 is 2.00 bits per heavy atom. The Balaban J connectivity index is 2.56. The van der Waals surface area contributed by atoms with Crippen LogP contribution in [0.15, 0.2) is 34.9 Å². The average molecular weight is 267 g/mol. The van der Waals surface area contributed by atoms with Gasteiger partial charge in [-0.2, -0.15) is 0 Å². The molecular weight excluding hydrogens is 252 g/mol. The Kier molecular flexibility index (Phi) is 2.85. The van der Waals surface area contributed by atoms with E-state index in [1.807, 2.05) is 0 Å². The molecule has 1 aromatic heterocycles. The van der Waals surface area contributed by atoms with E-state index in [0.29, 0.717) is 6.17 Å². The van der Waals surface area contributed by atoms with Crippen molar-refractivity contribution in [3.05, 3.63) is 34.9 Å². The highest BCUT2D eigenvalue weighted by molar-refractivity contribution is 9.10. The SMILES string of the molecule is CC(N(C)C)n1ccc2ccc(Br)cc21. The molecule has 1 aromatic carbocycles. The molecule has 0 aliphatic rings. The van der Waals surface area contributed by atoms with Crippen LogP contribution in [0.25, 0.3) is 10.9 Å². The molecule has 0 saturated heterocycles. The first-order valence-electron chi connectivity index (χ1n) is 5.02. The van der Waals surface area contributed by atoms with Crippen LogP contribution >= 0.6 is 15.9 Å². The van der Waals surface area contributed by atoms with Gasteiger partial charge in [0.15, 0.2) is 0 Å². The van der Waals surface area contributed by atoms with Gasteiger partial charge in [-0.25, -0.2) is 0 Å². The highest BCUT2D eigenvalue weighted by Crippen LogP contribution is 2.24. The Labute approximate surface area is 98.6 Å². The van der Waals surface area contributed by atoms with E-state index >= 15 is 0 Å². The van der Waals surface area contributed by atoms with E-state index in [1.165, 1.54) is 10.9 Å². The van der Waals surface area contributed by atoms with Gasteiger partial charge >= 0.3 is 0 Å². The van der Waals surface area contributed by atoms with Gasteiger partial charge in [0.05, 0.1) is 11.7 Å². The zero-order chi connectivity index (χ0) is 11.0. The maximum atomic E-state index is 3.51. The molecule has 1 unspecified atom stereocenters. The van der Waals surface area contributed by atoms with Crippen LogP contribution in [0.1, 0.15) is 13.1 Å². The van der Waals surface area contributed by atoms with Crippen molar-refractivity contribution in [1.82, 2.24) is 9.47 Å². The molecule has 0 aliphatic carbocycles. The highest BCUT2D eigenvalue weighted by Gasteiger charge is 2.09. The third kappa shape index (κ3) is 1.94. The summed E-state index contributed by atoms with van der Waals surface area (Å²) in [5.41, 5.74) is 1.27. The van der Waals surface area contributed by atoms with E-state index in [1.54, 1.807) is 0 Å². The van der Waals surface area contributed by atoms with Gasteiger partial charge in [-0.1, -0.05) is 22.0 Å². The Hall–Kier alpha value is -0.800. The molecule has 2 nitrogen and oxygen atoms in total. The van der Waals surface area contributed by atoms with Gasteiger partial charge in [0.2, 0.25) is 0 Å². The summed E-state index contributed by atoms with van der Waals surface area (Å²) in [6.07, 6.45) is 2.51. The first kappa shape index (κ1) is 10.7. The van der Waals surface area contributed by atoms with Crippen LogP contribution in [0.2, 0.25) is 0 Å². The first-order valence-corrected chi connectivity index (χ1v) is 5.81. The van der Waals surface area contributed by atoms with Crippen LogP contribution in [0, 0.1) is 0 Å². The largest absolute Gasteiger partial charge is 0.331 e. The molecule has 0 spiro atoms. The summed E-state index contributed by atoms with van der Waals surface area (Å²) >= 11 is 3.51. The van der Waals surface area contributed by atoms with Crippen molar-refractivity contribution < 1.29 is 0 Å². The van der Waals surface area contributed by atoms with E-state index in [-0.39, 0.29) is 0 Å². The van der Waals surface area contributed by atoms with Gasteiger partial charge in [-0.05, 0) is 44.6 Å². The molecule has 0 fully saturated rings. The molecule has 0 bridgehead atoms. The van der Waals surface area contributed by atoms with Crippen molar-refractivity contribution in [2.24, 2.45) is 0 Å². The lowest BCUT2D eigenvalue weighted by atomic mass is 10.2. The fraction of sp³-hybridized carbons (Fsp3) is 0.333. The fourth-order valence-electron chi connectivity index (χ4n) is 1.70. The third-order valence-electron chi connectivity index (χ3n) is 2.84. The second-order valence-electron chi connectivity index (χ2n) is 4.02. The third-order valence-corrected chi connectivity index (χ3v) is 3.33. The summed E-state index contributed by atoms with van der Waals surface area (Å²) in [7, 11) is 4.18. The standard InChI is InChI=1S/C12H15BrN2/c1-9(14(2)3)15-7-6-10-4-5-11(13)8-12(10)15/h4-9H,1-3H3. The minimum atomic E-state index is 0.372. The van der Waals surface area contributed by atoms with Gasteiger partial charge in [0.1, 0.15) is 0 Å². The van der Waals surface area contributed by atoms with Crippen molar-refractivity contribution in [1.29, 1.82) is 0 Å². The number of hydrogen-bond donors (Lipinski definition) is 0. The number of rotatable bonds is 2. The number of halogens is 1. The summed E-state index contributed by atoms with van der Waals surface area (Å²) in [6.45, 7) is 2.19. The van der Waals surface area contributed by atoms with Gasteiger partial charge in [0.25, 0.3) is 0 Å². The highest BCUT2D eigenvalue weighted by atomic mass is 79.9. The molecule has 2 aromatic rings. The molecule has 80 valence electrons. The van der Waals surface area contributed by atoms with E-state index in [4.69, 9.17) is 0 Å². The molecule has 3 heteroatoms. The maximum Gasteiger partial charge on any atom is 0.0830 e. The number of aromatic nitrogens is 1. The molecule has 0 amide bonds. The molecule has 0 radical (unpaired) electrons. The van der Waals surface area contributed by atoms with Crippen molar-refractivity contribution in [2.45, 2.75) is 13.1 Å². The lowest BCUT2D eigenvalue weighted by Gasteiger charge is -2.22. The van der Waals surface area contributed by atoms with Crippen LogP contribution in [0.5, 0.6) is 0 Å². The molecule has 1 atom stereocenters. The summed E-state index contributed by atoms with van der Waals surface area (Å²) < 4.78 is 3.40. The summed E-state index contributed by atoms with van der Waals surface area (Å²) in [5.74, 6) is 0. The lowest BCUT2D eigenvalue weighted by Crippen LogP contribution is -2.22. The molecule has 0 saturated carbocycles. The molecule has 2 rings (SSSR count). The van der Waals surface area contributed by atoms with Crippen molar-refractivity contribution in [3.63, 3.8) is 0 Å². The normalized spacial score (nSPS) is 13.7. The van der Waals surface area contributed by atoms with Crippen LogP contribution < -0.4 is 0 Å². The summed E-state index contributed by atoms with van der Waals surface area (Å²) in [5, 5.41) is 1.28. The average Bonchev–Trinajstić information content (AvgIpc) is 2.59. The van der Waals surface area contributed by atoms with Crippen molar-refractivity contribution >= 4 is 26.8 Å². The second-order valence-corrected chi connectivity index (χ2v) is 4.94. The Morgan fingerprint density at radius 1 is 1.27 bits per heavy atom. The van der Waals surface area contributed by atoms with Gasteiger partial charge in [0, 0.05) is 10.7 Å². The minimum absolute atomic E-state index is 0.372. The molecule has 0 aliphatic heterocycles. The minimum Gasteiger partial charge on any atom is -0.331 e. The summed E-state index contributed by atoms with van der Waals surface area (Å²) in [4.78, 5) is 2.19. The maximum absolute atomic E-state index is 3.51. The zero-order valence-corrected chi connectivity index (χ0v) is 10.8. The van der Waals surface area contributed by atoms with E-state index in [0.717, 1.165) is 4.47 Å². The molecule has 0 N–H and O–H groups in total. The van der Waals surface area contributed by atoms with Gasteiger partial charge < -0.3 is 4.57 Å². The van der Waals surface area contributed by atoms with Crippen molar-refractivity contribution in [3.8, 4) is 0 Å². The van der Waals surface area contributed by atoms with Crippen LogP contribution in [-0.2, 0) is 0 Å². The Bertz CT molecular complexity index is 473. The predicted molar refractivity (Wildman–Crippen MR) is 68.0 cm³/mol. The smallest absolute Gasteiger partial charge is 0.0830 e. The summed E-state index contributed by atoms with van der Waals surface area (Å²) in [6, 6.07) is 8.53. The van der Waals surface area contributed by atoms with Crippen LogP contribution in [0.3, 0.4) is 0 Å². The Morgan fingerprint density at radius 3 is 2.67 bits per heavy atom. The van der Waals surface area contributed by atoms with E-state index < -0.39 is 0 Å². The molecular formula is C12H15BrN2. The van der Waals surface area contributed by atoms with E-state index in [9.17, 15) is 0 Å².